The van der Waals surface area contributed by atoms with Crippen molar-refractivity contribution in [1.29, 1.82) is 0 Å². The molecule has 0 saturated carbocycles. The maximum Gasteiger partial charge on any atom is 0.359 e. The molecule has 2 aromatic rings. The molecule has 120 valence electrons. The van der Waals surface area contributed by atoms with E-state index < -0.39 is 14.0 Å². The quantitative estimate of drug-likeness (QED) is 0.503. The van der Waals surface area contributed by atoms with E-state index in [1.807, 2.05) is 0 Å². The molecule has 0 radical (unpaired) electrons. The molecule has 0 bridgehead atoms. The predicted octanol–water partition coefficient (Wildman–Crippen LogP) is 2.84. The van der Waals surface area contributed by atoms with Crippen LogP contribution in [0.5, 0.6) is 5.75 Å². The minimum absolute atomic E-state index is 0.118. The third-order valence-electron chi connectivity index (χ3n) is 3.32. The fourth-order valence-corrected chi connectivity index (χ4v) is 2.79. The van der Waals surface area contributed by atoms with Crippen molar-refractivity contribution in [2.24, 2.45) is 0 Å². The normalized spacial score (nSPS) is 11.8. The number of ether oxygens (including phenoxy) is 2. The van der Waals surface area contributed by atoms with Gasteiger partial charge in [0.25, 0.3) is 0 Å². The van der Waals surface area contributed by atoms with Gasteiger partial charge in [0.2, 0.25) is 0 Å². The Hall–Kier alpha value is -1.86. The van der Waals surface area contributed by atoms with Crippen LogP contribution in [0.3, 0.4) is 0 Å². The fraction of sp³-hybridized carbons (Fsp3) is 0.467. The van der Waals surface area contributed by atoms with E-state index >= 15 is 0 Å². The molecule has 0 aliphatic heterocycles. The summed E-state index contributed by atoms with van der Waals surface area (Å²) in [5.41, 5.74) is 0.875. The van der Waals surface area contributed by atoms with Gasteiger partial charge in [-0.15, -0.1) is 0 Å². The number of methoxy groups -OCH3 is 1. The van der Waals surface area contributed by atoms with E-state index in [4.69, 9.17) is 9.47 Å². The third kappa shape index (κ3) is 3.86. The topological polar surface area (TPSA) is 73.6 Å². The second-order valence-electron chi connectivity index (χ2n) is 6.39. The molecule has 0 aliphatic rings. The molecule has 1 aromatic heterocycles. The van der Waals surface area contributed by atoms with E-state index in [-0.39, 0.29) is 18.2 Å². The summed E-state index contributed by atoms with van der Waals surface area (Å²) in [6.45, 7) is 7.75. The summed E-state index contributed by atoms with van der Waals surface area (Å²) < 4.78 is 12.0. The van der Waals surface area contributed by atoms with E-state index in [1.54, 1.807) is 16.8 Å². The number of nitrogens with zero attached hydrogens (tertiary/aromatic N) is 2. The standard InChI is InChI=1S/C15H22N2O4Si/c1-20-15(19)14-12-6-5-11(18)9-13(12)17(16-14)10-21-7-8-22(2,3)4/h5-6,9,18H,7-8,10H2,1-4H3. The Morgan fingerprint density at radius 3 is 2.73 bits per heavy atom. The van der Waals surface area contributed by atoms with Gasteiger partial charge in [-0.3, -0.25) is 0 Å². The number of aromatic nitrogens is 2. The van der Waals surface area contributed by atoms with Crippen molar-refractivity contribution in [3.8, 4) is 5.75 Å². The third-order valence-corrected chi connectivity index (χ3v) is 5.03. The Balaban J connectivity index is 2.21. The van der Waals surface area contributed by atoms with Gasteiger partial charge >= 0.3 is 5.97 Å². The summed E-state index contributed by atoms with van der Waals surface area (Å²) >= 11 is 0. The van der Waals surface area contributed by atoms with Crippen LogP contribution in [0.1, 0.15) is 10.5 Å². The first-order valence-electron chi connectivity index (χ1n) is 7.17. The second kappa shape index (κ2) is 6.49. The van der Waals surface area contributed by atoms with Crippen molar-refractivity contribution >= 4 is 24.9 Å². The van der Waals surface area contributed by atoms with Crippen LogP contribution in [0, 0.1) is 0 Å². The molecule has 0 spiro atoms. The zero-order chi connectivity index (χ0) is 16.3. The Bertz CT molecular complexity index is 676. The van der Waals surface area contributed by atoms with Gasteiger partial charge < -0.3 is 14.6 Å². The molecule has 2 rings (SSSR count). The number of esters is 1. The van der Waals surface area contributed by atoms with Gasteiger partial charge in [0.05, 0.1) is 12.6 Å². The van der Waals surface area contributed by atoms with Crippen LogP contribution in [-0.2, 0) is 16.2 Å². The van der Waals surface area contributed by atoms with Gasteiger partial charge in [0.1, 0.15) is 12.5 Å². The Morgan fingerprint density at radius 1 is 1.36 bits per heavy atom. The first-order chi connectivity index (χ1) is 10.3. The Morgan fingerprint density at radius 2 is 2.09 bits per heavy atom. The fourth-order valence-electron chi connectivity index (χ4n) is 2.04. The van der Waals surface area contributed by atoms with Crippen LogP contribution >= 0.6 is 0 Å². The zero-order valence-corrected chi connectivity index (χ0v) is 14.4. The lowest BCUT2D eigenvalue weighted by atomic mass is 10.2. The van der Waals surface area contributed by atoms with Gasteiger partial charge in [0.15, 0.2) is 5.69 Å². The maximum atomic E-state index is 11.8. The molecular weight excluding hydrogens is 300 g/mol. The van der Waals surface area contributed by atoms with Gasteiger partial charge in [-0.05, 0) is 18.2 Å². The number of phenolic OH excluding ortho intramolecular Hbond substituents is 1. The number of carbonyl (C=O) groups excluding carboxylic acids is 1. The largest absolute Gasteiger partial charge is 0.508 e. The number of rotatable bonds is 6. The second-order valence-corrected chi connectivity index (χ2v) is 12.0. The number of hydrogen-bond donors (Lipinski definition) is 1. The van der Waals surface area contributed by atoms with Crippen molar-refractivity contribution in [1.82, 2.24) is 9.78 Å². The zero-order valence-electron chi connectivity index (χ0n) is 13.4. The van der Waals surface area contributed by atoms with Gasteiger partial charge in [-0.1, -0.05) is 19.6 Å². The van der Waals surface area contributed by atoms with Crippen molar-refractivity contribution < 1.29 is 19.4 Å². The molecular formula is C15H22N2O4Si. The highest BCUT2D eigenvalue weighted by molar-refractivity contribution is 6.76. The lowest BCUT2D eigenvalue weighted by molar-refractivity contribution is 0.0585. The van der Waals surface area contributed by atoms with Crippen molar-refractivity contribution in [2.75, 3.05) is 13.7 Å². The highest BCUT2D eigenvalue weighted by atomic mass is 28.3. The number of fused-ring (bicyclic) bond motifs is 1. The van der Waals surface area contributed by atoms with Crippen LogP contribution in [0.2, 0.25) is 25.7 Å². The Labute approximate surface area is 130 Å². The number of carbonyl (C=O) groups is 1. The number of hydrogen-bond acceptors (Lipinski definition) is 5. The van der Waals surface area contributed by atoms with E-state index in [0.29, 0.717) is 17.5 Å². The number of aromatic hydroxyl groups is 1. The van der Waals surface area contributed by atoms with E-state index in [0.717, 1.165) is 6.04 Å². The SMILES string of the molecule is COC(=O)c1nn(COCC[Si](C)(C)C)c2cc(O)ccc12. The highest BCUT2D eigenvalue weighted by Crippen LogP contribution is 2.24. The Kier molecular flexibility index (Phi) is 4.87. The summed E-state index contributed by atoms with van der Waals surface area (Å²) in [7, 11) is 0.172. The van der Waals surface area contributed by atoms with Crippen molar-refractivity contribution in [3.63, 3.8) is 0 Å². The van der Waals surface area contributed by atoms with Crippen molar-refractivity contribution in [3.05, 3.63) is 23.9 Å². The highest BCUT2D eigenvalue weighted by Gasteiger charge is 2.18. The average Bonchev–Trinajstić information content (AvgIpc) is 2.80. The molecule has 0 fully saturated rings. The number of phenols is 1. The molecule has 1 heterocycles. The van der Waals surface area contributed by atoms with Crippen LogP contribution in [0.4, 0.5) is 0 Å². The molecule has 1 aromatic carbocycles. The lowest BCUT2D eigenvalue weighted by Crippen LogP contribution is -2.22. The van der Waals surface area contributed by atoms with E-state index in [2.05, 4.69) is 24.7 Å². The molecule has 7 heteroatoms. The molecule has 0 saturated heterocycles. The van der Waals surface area contributed by atoms with Gasteiger partial charge in [-0.2, -0.15) is 5.10 Å². The van der Waals surface area contributed by atoms with Crippen molar-refractivity contribution in [2.45, 2.75) is 32.4 Å². The summed E-state index contributed by atoms with van der Waals surface area (Å²) in [4.78, 5) is 11.8. The molecule has 22 heavy (non-hydrogen) atoms. The first-order valence-corrected chi connectivity index (χ1v) is 10.9. The maximum absolute atomic E-state index is 11.8. The summed E-state index contributed by atoms with van der Waals surface area (Å²) in [5.74, 6) is -0.385. The summed E-state index contributed by atoms with van der Waals surface area (Å²) in [6, 6.07) is 5.80. The monoisotopic (exact) mass is 322 g/mol. The van der Waals surface area contributed by atoms with E-state index in [9.17, 15) is 9.90 Å². The molecule has 6 nitrogen and oxygen atoms in total. The average molecular weight is 322 g/mol. The minimum atomic E-state index is -1.15. The van der Waals surface area contributed by atoms with Crippen LogP contribution in [0.15, 0.2) is 18.2 Å². The molecule has 0 atom stereocenters. The van der Waals surface area contributed by atoms with E-state index in [1.165, 1.54) is 13.2 Å². The molecule has 1 N–H and O–H groups in total. The molecule has 0 aliphatic carbocycles. The van der Waals surface area contributed by atoms with Crippen LogP contribution < -0.4 is 0 Å². The van der Waals surface area contributed by atoms with Gasteiger partial charge in [-0.25, -0.2) is 9.48 Å². The number of benzene rings is 1. The van der Waals surface area contributed by atoms with Crippen LogP contribution in [0.25, 0.3) is 10.9 Å². The lowest BCUT2D eigenvalue weighted by Gasteiger charge is -2.15. The molecule has 0 amide bonds. The predicted molar refractivity (Wildman–Crippen MR) is 86.8 cm³/mol. The minimum Gasteiger partial charge on any atom is -0.508 e. The summed E-state index contributed by atoms with van der Waals surface area (Å²) in [5, 5.41) is 14.5. The smallest absolute Gasteiger partial charge is 0.359 e. The van der Waals surface area contributed by atoms with Crippen LogP contribution in [-0.4, -0.2) is 42.6 Å². The summed E-state index contributed by atoms with van der Waals surface area (Å²) in [6.07, 6.45) is 0. The molecule has 0 unspecified atom stereocenters. The van der Waals surface area contributed by atoms with Gasteiger partial charge in [0, 0.05) is 26.1 Å². The first kappa shape index (κ1) is 16.5.